The Balaban J connectivity index is 2.24. The van der Waals surface area contributed by atoms with Crippen molar-refractivity contribution < 1.29 is 30.0 Å². The number of phenolic OH excluding ortho intramolecular Hbond substituents is 2. The zero-order chi connectivity index (χ0) is 15.6. The molecule has 0 fully saturated rings. The van der Waals surface area contributed by atoms with Gasteiger partial charge >= 0.3 is 5.97 Å². The normalized spacial score (nSPS) is 10.1. The molecule has 0 aliphatic heterocycles. The Hall–Kier alpha value is -3.22. The van der Waals surface area contributed by atoms with E-state index in [1.807, 2.05) is 0 Å². The van der Waals surface area contributed by atoms with Gasteiger partial charge in [0.25, 0.3) is 5.91 Å². The van der Waals surface area contributed by atoms with E-state index in [9.17, 15) is 19.8 Å². The minimum absolute atomic E-state index is 0.0185. The van der Waals surface area contributed by atoms with Crippen LogP contribution in [0.25, 0.3) is 0 Å². The fourth-order valence-electron chi connectivity index (χ4n) is 1.67. The molecule has 0 heterocycles. The molecule has 0 radical (unpaired) electrons. The lowest BCUT2D eigenvalue weighted by atomic mass is 10.1. The van der Waals surface area contributed by atoms with Crippen LogP contribution in [0.3, 0.4) is 0 Å². The lowest BCUT2D eigenvalue weighted by molar-refractivity contribution is 0.0693. The van der Waals surface area contributed by atoms with Crippen molar-refractivity contribution in [1.82, 2.24) is 0 Å². The molecule has 5 N–H and O–H groups in total. The van der Waals surface area contributed by atoms with E-state index in [2.05, 4.69) is 5.32 Å². The van der Waals surface area contributed by atoms with E-state index in [0.717, 1.165) is 18.2 Å². The predicted molar refractivity (Wildman–Crippen MR) is 72.8 cm³/mol. The maximum Gasteiger partial charge on any atom is 0.339 e. The number of carboxylic acids is 1. The van der Waals surface area contributed by atoms with E-state index >= 15 is 0 Å². The summed E-state index contributed by atoms with van der Waals surface area (Å²) in [7, 11) is 0. The molecule has 0 aliphatic rings. The maximum absolute atomic E-state index is 11.9. The van der Waals surface area contributed by atoms with Gasteiger partial charge in [0.15, 0.2) is 0 Å². The summed E-state index contributed by atoms with van der Waals surface area (Å²) in [5.41, 5.74) is -0.233. The molecule has 2 rings (SSSR count). The molecule has 0 saturated heterocycles. The molecule has 0 atom stereocenters. The number of aromatic carboxylic acids is 1. The number of nitrogens with one attached hydrogen (secondary N) is 1. The van der Waals surface area contributed by atoms with Gasteiger partial charge in [0.1, 0.15) is 22.8 Å². The van der Waals surface area contributed by atoms with Crippen molar-refractivity contribution >= 4 is 17.6 Å². The molecule has 7 nitrogen and oxygen atoms in total. The monoisotopic (exact) mass is 289 g/mol. The van der Waals surface area contributed by atoms with E-state index in [-0.39, 0.29) is 28.3 Å². The van der Waals surface area contributed by atoms with Gasteiger partial charge in [-0.2, -0.15) is 0 Å². The Morgan fingerprint density at radius 3 is 2.19 bits per heavy atom. The molecule has 0 aliphatic carbocycles. The van der Waals surface area contributed by atoms with Crippen LogP contribution in [-0.2, 0) is 0 Å². The highest BCUT2D eigenvalue weighted by Crippen LogP contribution is 2.28. The quantitative estimate of drug-likeness (QED) is 0.433. The highest BCUT2D eigenvalue weighted by atomic mass is 16.4. The van der Waals surface area contributed by atoms with Crippen LogP contribution in [-0.4, -0.2) is 32.3 Å². The Kier molecular flexibility index (Phi) is 3.66. The van der Waals surface area contributed by atoms with Crippen molar-refractivity contribution in [3.63, 3.8) is 0 Å². The average molecular weight is 289 g/mol. The molecule has 7 heteroatoms. The molecule has 2 aromatic carbocycles. The second-order valence-electron chi connectivity index (χ2n) is 4.19. The third-order valence-electron chi connectivity index (χ3n) is 2.72. The summed E-state index contributed by atoms with van der Waals surface area (Å²) in [4.78, 5) is 22.7. The predicted octanol–water partition coefficient (Wildman–Crippen LogP) is 1.75. The summed E-state index contributed by atoms with van der Waals surface area (Å²) in [6.45, 7) is 0. The molecule has 0 aromatic heterocycles. The first-order valence-corrected chi connectivity index (χ1v) is 5.78. The van der Waals surface area contributed by atoms with Gasteiger partial charge in [-0.25, -0.2) is 4.79 Å². The number of carboxylic acid groups (broad SMARTS) is 1. The van der Waals surface area contributed by atoms with Gasteiger partial charge in [0, 0.05) is 11.6 Å². The van der Waals surface area contributed by atoms with Crippen LogP contribution in [0.1, 0.15) is 20.7 Å². The van der Waals surface area contributed by atoms with E-state index in [0.29, 0.717) is 0 Å². The maximum atomic E-state index is 11.9. The molecule has 1 amide bonds. The van der Waals surface area contributed by atoms with Gasteiger partial charge in [-0.05, 0) is 30.3 Å². The molecule has 2 aromatic rings. The van der Waals surface area contributed by atoms with Gasteiger partial charge < -0.3 is 25.7 Å². The number of anilines is 1. The summed E-state index contributed by atoms with van der Waals surface area (Å²) in [5.74, 6) is -2.98. The Bertz CT molecular complexity index is 725. The van der Waals surface area contributed by atoms with E-state index < -0.39 is 17.6 Å². The van der Waals surface area contributed by atoms with Gasteiger partial charge in [-0.1, -0.05) is 0 Å². The second-order valence-corrected chi connectivity index (χ2v) is 4.19. The van der Waals surface area contributed by atoms with Crippen molar-refractivity contribution in [2.45, 2.75) is 0 Å². The van der Waals surface area contributed by atoms with Crippen LogP contribution in [0, 0.1) is 0 Å². The van der Waals surface area contributed by atoms with Crippen LogP contribution < -0.4 is 5.32 Å². The number of phenols is 3. The third kappa shape index (κ3) is 3.03. The molecular weight excluding hydrogens is 278 g/mol. The second kappa shape index (κ2) is 5.41. The summed E-state index contributed by atoms with van der Waals surface area (Å²) in [5, 5.41) is 39.4. The largest absolute Gasteiger partial charge is 0.508 e. The number of aromatic hydroxyl groups is 3. The van der Waals surface area contributed by atoms with E-state index in [1.165, 1.54) is 18.2 Å². The molecule has 0 saturated carbocycles. The lowest BCUT2D eigenvalue weighted by Crippen LogP contribution is -2.12. The summed E-state index contributed by atoms with van der Waals surface area (Å²) < 4.78 is 0. The summed E-state index contributed by atoms with van der Waals surface area (Å²) in [6, 6.07) is 6.98. The summed E-state index contributed by atoms with van der Waals surface area (Å²) in [6.07, 6.45) is 0. The van der Waals surface area contributed by atoms with Crippen molar-refractivity contribution in [2.24, 2.45) is 0 Å². The van der Waals surface area contributed by atoms with Crippen LogP contribution in [0.5, 0.6) is 17.2 Å². The highest BCUT2D eigenvalue weighted by Gasteiger charge is 2.14. The lowest BCUT2D eigenvalue weighted by Gasteiger charge is -2.08. The highest BCUT2D eigenvalue weighted by molar-refractivity contribution is 6.06. The standard InChI is InChI=1S/C14H11NO6/c16-8-2-4-10(12(18)6-8)15-13(19)7-1-3-9(14(20)21)11(17)5-7/h1-6,16-18H,(H,15,19)(H,20,21). The zero-order valence-electron chi connectivity index (χ0n) is 10.6. The topological polar surface area (TPSA) is 127 Å². The minimum Gasteiger partial charge on any atom is -0.508 e. The number of hydrogen-bond donors (Lipinski definition) is 5. The number of amides is 1. The zero-order valence-corrected chi connectivity index (χ0v) is 10.6. The number of carbonyl (C=O) groups is 2. The first kappa shape index (κ1) is 14.2. The van der Waals surface area contributed by atoms with Gasteiger partial charge in [0.2, 0.25) is 0 Å². The van der Waals surface area contributed by atoms with Crippen LogP contribution in [0.2, 0.25) is 0 Å². The first-order valence-electron chi connectivity index (χ1n) is 5.78. The van der Waals surface area contributed by atoms with Crippen molar-refractivity contribution in [1.29, 1.82) is 0 Å². The fourth-order valence-corrected chi connectivity index (χ4v) is 1.67. The smallest absolute Gasteiger partial charge is 0.339 e. The minimum atomic E-state index is -1.31. The van der Waals surface area contributed by atoms with Crippen LogP contribution in [0.15, 0.2) is 36.4 Å². The molecular formula is C14H11NO6. The Labute approximate surface area is 118 Å². The van der Waals surface area contributed by atoms with Crippen molar-refractivity contribution in [2.75, 3.05) is 5.32 Å². The summed E-state index contributed by atoms with van der Waals surface area (Å²) >= 11 is 0. The molecule has 0 unspecified atom stereocenters. The van der Waals surface area contributed by atoms with Crippen LogP contribution >= 0.6 is 0 Å². The van der Waals surface area contributed by atoms with E-state index in [1.54, 1.807) is 0 Å². The molecule has 21 heavy (non-hydrogen) atoms. The van der Waals surface area contributed by atoms with Gasteiger partial charge in [0.05, 0.1) is 5.69 Å². The average Bonchev–Trinajstić information content (AvgIpc) is 2.41. The Morgan fingerprint density at radius 1 is 0.905 bits per heavy atom. The third-order valence-corrected chi connectivity index (χ3v) is 2.72. The fraction of sp³-hybridized carbons (Fsp3) is 0. The first-order chi connectivity index (χ1) is 9.88. The van der Waals surface area contributed by atoms with Gasteiger partial charge in [-0.15, -0.1) is 0 Å². The number of rotatable bonds is 3. The molecule has 0 bridgehead atoms. The van der Waals surface area contributed by atoms with Crippen molar-refractivity contribution in [3.8, 4) is 17.2 Å². The molecule has 0 spiro atoms. The SMILES string of the molecule is O=C(Nc1ccc(O)cc1O)c1ccc(C(=O)O)c(O)c1. The molecule has 108 valence electrons. The number of carbonyl (C=O) groups excluding carboxylic acids is 1. The number of hydrogen-bond acceptors (Lipinski definition) is 5. The van der Waals surface area contributed by atoms with E-state index in [4.69, 9.17) is 10.2 Å². The van der Waals surface area contributed by atoms with Crippen molar-refractivity contribution in [3.05, 3.63) is 47.5 Å². The van der Waals surface area contributed by atoms with Crippen LogP contribution in [0.4, 0.5) is 5.69 Å². The Morgan fingerprint density at radius 2 is 1.62 bits per heavy atom. The number of benzene rings is 2. The van der Waals surface area contributed by atoms with Gasteiger partial charge in [-0.3, -0.25) is 4.79 Å².